The molecular formula is C18H20F2N2O5S. The third-order valence-electron chi connectivity index (χ3n) is 3.89. The van der Waals surface area contributed by atoms with Crippen LogP contribution in [0.4, 0.5) is 8.78 Å². The highest BCUT2D eigenvalue weighted by Crippen LogP contribution is 2.19. The molecule has 0 radical (unpaired) electrons. The maximum absolute atomic E-state index is 12.6. The third-order valence-corrected chi connectivity index (χ3v) is 5.57. The summed E-state index contributed by atoms with van der Waals surface area (Å²) < 4.78 is 54.0. The molecule has 2 rings (SSSR count). The minimum absolute atomic E-state index is 0.0212. The highest BCUT2D eigenvalue weighted by atomic mass is 32.2. The number of benzene rings is 2. The Morgan fingerprint density at radius 1 is 1.11 bits per heavy atom. The summed E-state index contributed by atoms with van der Waals surface area (Å²) in [5.74, 6) is -0.377. The van der Waals surface area contributed by atoms with Crippen molar-refractivity contribution < 1.29 is 31.6 Å². The van der Waals surface area contributed by atoms with Gasteiger partial charge >= 0.3 is 6.61 Å². The van der Waals surface area contributed by atoms with Crippen molar-refractivity contribution in [1.82, 2.24) is 9.37 Å². The van der Waals surface area contributed by atoms with Gasteiger partial charge in [-0.2, -0.15) is 8.78 Å². The molecule has 0 aliphatic rings. The number of rotatable bonds is 8. The fourth-order valence-electron chi connectivity index (χ4n) is 2.38. The molecule has 0 aliphatic heterocycles. The average molecular weight is 414 g/mol. The molecule has 0 N–H and O–H groups in total. The Labute approximate surface area is 162 Å². The van der Waals surface area contributed by atoms with E-state index >= 15 is 0 Å². The Morgan fingerprint density at radius 3 is 2.32 bits per heavy atom. The van der Waals surface area contributed by atoms with Gasteiger partial charge in [0.25, 0.3) is 15.9 Å². The second-order valence-electron chi connectivity index (χ2n) is 5.81. The largest absolute Gasteiger partial charge is 0.435 e. The zero-order valence-electron chi connectivity index (χ0n) is 15.5. The molecule has 0 bridgehead atoms. The van der Waals surface area contributed by atoms with Crippen molar-refractivity contribution in [2.24, 2.45) is 0 Å². The lowest BCUT2D eigenvalue weighted by molar-refractivity contribution is -0.0498. The van der Waals surface area contributed by atoms with Gasteiger partial charge < -0.3 is 9.64 Å². The van der Waals surface area contributed by atoms with Crippen LogP contribution >= 0.6 is 0 Å². The van der Waals surface area contributed by atoms with Gasteiger partial charge in [0.2, 0.25) is 0 Å². The van der Waals surface area contributed by atoms with Gasteiger partial charge in [-0.3, -0.25) is 9.63 Å². The first kappa shape index (κ1) is 21.7. The fourth-order valence-corrected chi connectivity index (χ4v) is 3.40. The number of halogens is 2. The van der Waals surface area contributed by atoms with Crippen LogP contribution < -0.4 is 4.74 Å². The van der Waals surface area contributed by atoms with Crippen molar-refractivity contribution in [1.29, 1.82) is 0 Å². The lowest BCUT2D eigenvalue weighted by Crippen LogP contribution is -2.28. The molecule has 0 aliphatic carbocycles. The highest BCUT2D eigenvalue weighted by molar-refractivity contribution is 7.89. The van der Waals surface area contributed by atoms with Gasteiger partial charge in [-0.15, -0.1) is 0 Å². The first-order valence-electron chi connectivity index (χ1n) is 8.07. The van der Waals surface area contributed by atoms with Crippen molar-refractivity contribution >= 4 is 15.9 Å². The molecule has 0 heterocycles. The standard InChI is InChI=1S/C18H20F2N2O5S/c1-21(12-13-7-9-15(10-8-13)27-18(19)20)17(23)14-5-4-6-16(11-14)28(24,25)22(2)26-3/h4-11,18H,12H2,1-3H3. The van der Waals surface area contributed by atoms with E-state index in [1.165, 1.54) is 55.5 Å². The number of carbonyl (C=O) groups is 1. The number of ether oxygens (including phenoxy) is 1. The van der Waals surface area contributed by atoms with Crippen molar-refractivity contribution in [3.63, 3.8) is 0 Å². The van der Waals surface area contributed by atoms with Gasteiger partial charge in [0.1, 0.15) is 5.75 Å². The molecule has 0 fully saturated rings. The molecule has 1 amide bonds. The topological polar surface area (TPSA) is 76.2 Å². The van der Waals surface area contributed by atoms with Gasteiger partial charge in [-0.05, 0) is 35.9 Å². The number of sulfonamides is 1. The maximum Gasteiger partial charge on any atom is 0.387 e. The summed E-state index contributed by atoms with van der Waals surface area (Å²) in [6.45, 7) is -2.71. The summed E-state index contributed by atoms with van der Waals surface area (Å²) in [6.07, 6.45) is 0. The number of hydroxylamine groups is 1. The van der Waals surface area contributed by atoms with Crippen molar-refractivity contribution in [2.75, 3.05) is 21.2 Å². The number of alkyl halides is 2. The molecule has 0 spiro atoms. The minimum Gasteiger partial charge on any atom is -0.435 e. The Bertz CT molecular complexity index is 920. The summed E-state index contributed by atoms with van der Waals surface area (Å²) in [4.78, 5) is 18.7. The number of carbonyl (C=O) groups excluding carboxylic acids is 1. The number of amides is 1. The lowest BCUT2D eigenvalue weighted by atomic mass is 10.1. The van der Waals surface area contributed by atoms with Gasteiger partial charge in [-0.25, -0.2) is 8.42 Å². The Kier molecular flexibility index (Phi) is 7.05. The molecule has 0 saturated heterocycles. The summed E-state index contributed by atoms with van der Waals surface area (Å²) >= 11 is 0. The molecule has 2 aromatic carbocycles. The molecule has 0 aromatic heterocycles. The molecular weight excluding hydrogens is 394 g/mol. The van der Waals surface area contributed by atoms with E-state index in [4.69, 9.17) is 4.84 Å². The fraction of sp³-hybridized carbons (Fsp3) is 0.278. The van der Waals surface area contributed by atoms with Gasteiger partial charge in [0, 0.05) is 26.2 Å². The Hall–Kier alpha value is -2.56. The quantitative estimate of drug-likeness (QED) is 0.621. The van der Waals surface area contributed by atoms with Gasteiger partial charge in [0.05, 0.1) is 12.0 Å². The molecule has 28 heavy (non-hydrogen) atoms. The number of nitrogens with zero attached hydrogens (tertiary/aromatic N) is 2. The van der Waals surface area contributed by atoms with Crippen molar-refractivity contribution in [3.05, 3.63) is 59.7 Å². The minimum atomic E-state index is -3.88. The molecule has 0 unspecified atom stereocenters. The first-order chi connectivity index (χ1) is 13.1. The molecule has 0 saturated carbocycles. The van der Waals surface area contributed by atoms with Gasteiger partial charge in [-0.1, -0.05) is 22.7 Å². The van der Waals surface area contributed by atoms with Crippen LogP contribution in [0.1, 0.15) is 15.9 Å². The normalized spacial score (nSPS) is 11.7. The summed E-state index contributed by atoms with van der Waals surface area (Å²) in [7, 11) is 0.138. The monoisotopic (exact) mass is 414 g/mol. The van der Waals surface area contributed by atoms with E-state index in [0.717, 1.165) is 0 Å². The summed E-state index contributed by atoms with van der Waals surface area (Å²) in [5, 5.41) is 0. The van der Waals surface area contributed by atoms with Crippen molar-refractivity contribution in [2.45, 2.75) is 18.1 Å². The van der Waals surface area contributed by atoms with E-state index in [0.29, 0.717) is 10.0 Å². The average Bonchev–Trinajstić information content (AvgIpc) is 2.67. The van der Waals surface area contributed by atoms with Crippen LogP contribution in [-0.4, -0.2) is 51.5 Å². The van der Waals surface area contributed by atoms with E-state index < -0.39 is 22.5 Å². The van der Waals surface area contributed by atoms with Crippen LogP contribution in [0, 0.1) is 0 Å². The zero-order valence-corrected chi connectivity index (χ0v) is 16.3. The molecule has 2 aromatic rings. The second kappa shape index (κ2) is 9.09. The predicted octanol–water partition coefficient (Wildman–Crippen LogP) is 2.74. The summed E-state index contributed by atoms with van der Waals surface area (Å²) in [5.41, 5.74) is 0.881. The lowest BCUT2D eigenvalue weighted by Gasteiger charge is -2.19. The second-order valence-corrected chi connectivity index (χ2v) is 7.74. The SMILES string of the molecule is CON(C)S(=O)(=O)c1cccc(C(=O)N(C)Cc2ccc(OC(F)F)cc2)c1. The smallest absolute Gasteiger partial charge is 0.387 e. The van der Waals surface area contributed by atoms with E-state index in [1.54, 1.807) is 19.2 Å². The zero-order chi connectivity index (χ0) is 20.9. The maximum atomic E-state index is 12.6. The molecule has 10 heteroatoms. The molecule has 7 nitrogen and oxygen atoms in total. The van der Waals surface area contributed by atoms with E-state index in [-0.39, 0.29) is 22.8 Å². The predicted molar refractivity (Wildman–Crippen MR) is 97.3 cm³/mol. The van der Waals surface area contributed by atoms with Gasteiger partial charge in [0.15, 0.2) is 0 Å². The van der Waals surface area contributed by atoms with E-state index in [2.05, 4.69) is 4.74 Å². The van der Waals surface area contributed by atoms with Crippen molar-refractivity contribution in [3.8, 4) is 5.75 Å². The Morgan fingerprint density at radius 2 is 1.75 bits per heavy atom. The molecule has 152 valence electrons. The van der Waals surface area contributed by atoms with Crippen LogP contribution in [0.2, 0.25) is 0 Å². The first-order valence-corrected chi connectivity index (χ1v) is 9.51. The Balaban J connectivity index is 2.14. The summed E-state index contributed by atoms with van der Waals surface area (Å²) in [6, 6.07) is 11.5. The van der Waals surface area contributed by atoms with Crippen LogP contribution in [0.15, 0.2) is 53.4 Å². The van der Waals surface area contributed by atoms with Crippen LogP contribution in [-0.2, 0) is 21.4 Å². The molecule has 0 atom stereocenters. The van der Waals surface area contributed by atoms with Crippen LogP contribution in [0.25, 0.3) is 0 Å². The van der Waals surface area contributed by atoms with Crippen LogP contribution in [0.5, 0.6) is 5.75 Å². The van der Waals surface area contributed by atoms with Crippen LogP contribution in [0.3, 0.4) is 0 Å². The highest BCUT2D eigenvalue weighted by Gasteiger charge is 2.22. The van der Waals surface area contributed by atoms with E-state index in [9.17, 15) is 22.0 Å². The number of hydrogen-bond donors (Lipinski definition) is 0. The number of hydrogen-bond acceptors (Lipinski definition) is 5. The van der Waals surface area contributed by atoms with E-state index in [1.807, 2.05) is 0 Å². The third kappa shape index (κ3) is 5.24.